The molecule has 0 aliphatic rings. The Balaban J connectivity index is 3.46. The number of sulfonamides is 1. The van der Waals surface area contributed by atoms with Gasteiger partial charge in [-0.25, -0.2) is 8.42 Å². The van der Waals surface area contributed by atoms with E-state index >= 15 is 0 Å². The molecule has 19 heavy (non-hydrogen) atoms. The highest BCUT2D eigenvalue weighted by molar-refractivity contribution is 7.89. The zero-order valence-electron chi connectivity index (χ0n) is 12.4. The maximum atomic E-state index is 12.8. The first-order valence-electron chi connectivity index (χ1n) is 6.61. The van der Waals surface area contributed by atoms with Gasteiger partial charge in [0.25, 0.3) is 0 Å². The van der Waals surface area contributed by atoms with Gasteiger partial charge in [-0.3, -0.25) is 0 Å². The molecule has 4 nitrogen and oxygen atoms in total. The molecule has 0 fully saturated rings. The molecule has 0 amide bonds. The third-order valence-corrected chi connectivity index (χ3v) is 5.60. The molecule has 2 N–H and O–H groups in total. The van der Waals surface area contributed by atoms with Crippen LogP contribution in [0.1, 0.15) is 38.3 Å². The smallest absolute Gasteiger partial charge is 0.243 e. The molecule has 0 aromatic heterocycles. The van der Waals surface area contributed by atoms with E-state index in [-0.39, 0.29) is 6.04 Å². The van der Waals surface area contributed by atoms with Crippen molar-refractivity contribution in [3.8, 4) is 0 Å². The number of hydrogen-bond acceptors (Lipinski definition) is 3. The fourth-order valence-corrected chi connectivity index (χ4v) is 4.43. The summed E-state index contributed by atoms with van der Waals surface area (Å²) >= 11 is 0. The Morgan fingerprint density at radius 2 is 1.84 bits per heavy atom. The maximum absolute atomic E-state index is 12.8. The van der Waals surface area contributed by atoms with Gasteiger partial charge in [-0.2, -0.15) is 4.31 Å². The van der Waals surface area contributed by atoms with E-state index in [1.54, 1.807) is 23.4 Å². The molecular formula is C14H24N2O2S. The minimum atomic E-state index is -3.49. The summed E-state index contributed by atoms with van der Waals surface area (Å²) in [5.41, 5.74) is 7.76. The van der Waals surface area contributed by atoms with E-state index in [4.69, 9.17) is 5.73 Å². The fourth-order valence-electron chi connectivity index (χ4n) is 2.23. The van der Waals surface area contributed by atoms with Crippen LogP contribution in [0.15, 0.2) is 17.0 Å². The van der Waals surface area contributed by atoms with E-state index in [2.05, 4.69) is 0 Å². The van der Waals surface area contributed by atoms with Crippen molar-refractivity contribution >= 4 is 15.7 Å². The van der Waals surface area contributed by atoms with Crippen LogP contribution < -0.4 is 5.73 Å². The van der Waals surface area contributed by atoms with Crippen molar-refractivity contribution in [1.82, 2.24) is 4.31 Å². The van der Waals surface area contributed by atoms with Crippen molar-refractivity contribution in [1.29, 1.82) is 0 Å². The number of aryl methyl sites for hydroxylation is 1. The van der Waals surface area contributed by atoms with Crippen molar-refractivity contribution in [2.24, 2.45) is 0 Å². The van der Waals surface area contributed by atoms with Gasteiger partial charge in [0.15, 0.2) is 0 Å². The molecular weight excluding hydrogens is 260 g/mol. The van der Waals surface area contributed by atoms with Gasteiger partial charge in [0.05, 0.1) is 4.90 Å². The van der Waals surface area contributed by atoms with Crippen LogP contribution in [0, 0.1) is 13.8 Å². The van der Waals surface area contributed by atoms with Crippen molar-refractivity contribution < 1.29 is 8.42 Å². The Kier molecular flexibility index (Phi) is 4.98. The van der Waals surface area contributed by atoms with Gasteiger partial charge in [0.2, 0.25) is 10.0 Å². The van der Waals surface area contributed by atoms with Crippen LogP contribution in [0.3, 0.4) is 0 Å². The molecule has 0 heterocycles. The van der Waals surface area contributed by atoms with Gasteiger partial charge in [-0.15, -0.1) is 0 Å². The molecule has 0 aliphatic heterocycles. The van der Waals surface area contributed by atoms with E-state index in [1.165, 1.54) is 0 Å². The molecule has 1 aromatic carbocycles. The largest absolute Gasteiger partial charge is 0.398 e. The second-order valence-electron chi connectivity index (χ2n) is 5.14. The lowest BCUT2D eigenvalue weighted by Crippen LogP contribution is -2.38. The summed E-state index contributed by atoms with van der Waals surface area (Å²) in [6.07, 6.45) is 0.790. The molecule has 1 aromatic rings. The summed E-state index contributed by atoms with van der Waals surface area (Å²) < 4.78 is 27.2. The van der Waals surface area contributed by atoms with Crippen LogP contribution >= 0.6 is 0 Å². The van der Waals surface area contributed by atoms with Crippen LogP contribution in [-0.2, 0) is 10.0 Å². The molecule has 0 unspecified atom stereocenters. The van der Waals surface area contributed by atoms with Crippen molar-refractivity contribution in [3.05, 3.63) is 23.3 Å². The molecule has 1 rings (SSSR count). The number of anilines is 1. The molecule has 0 spiro atoms. The van der Waals surface area contributed by atoms with E-state index in [9.17, 15) is 8.42 Å². The summed E-state index contributed by atoms with van der Waals surface area (Å²) in [5.74, 6) is 0. The first-order chi connectivity index (χ1) is 8.73. The lowest BCUT2D eigenvalue weighted by Gasteiger charge is -2.27. The molecule has 108 valence electrons. The SMILES string of the molecule is CCCN(C(C)C)S(=O)(=O)c1c(C)ccc(N)c1C. The second kappa shape index (κ2) is 5.92. The minimum absolute atomic E-state index is 0.0646. The van der Waals surface area contributed by atoms with Crippen LogP contribution in [-0.4, -0.2) is 25.3 Å². The Morgan fingerprint density at radius 3 is 2.32 bits per heavy atom. The van der Waals surface area contributed by atoms with E-state index < -0.39 is 10.0 Å². The molecule has 0 radical (unpaired) electrons. The lowest BCUT2D eigenvalue weighted by atomic mass is 10.1. The summed E-state index contributed by atoms with van der Waals surface area (Å²) in [5, 5.41) is 0. The summed E-state index contributed by atoms with van der Waals surface area (Å²) in [6, 6.07) is 3.45. The molecule has 0 saturated heterocycles. The Morgan fingerprint density at radius 1 is 1.26 bits per heavy atom. The Hall–Kier alpha value is -1.07. The zero-order valence-corrected chi connectivity index (χ0v) is 13.2. The average Bonchev–Trinajstić information content (AvgIpc) is 2.30. The number of nitrogens with two attached hydrogens (primary N) is 1. The topological polar surface area (TPSA) is 63.4 Å². The highest BCUT2D eigenvalue weighted by Gasteiger charge is 2.29. The van der Waals surface area contributed by atoms with Crippen LogP contribution in [0.5, 0.6) is 0 Å². The summed E-state index contributed by atoms with van der Waals surface area (Å²) in [7, 11) is -3.49. The lowest BCUT2D eigenvalue weighted by molar-refractivity contribution is 0.353. The predicted molar refractivity (Wildman–Crippen MR) is 79.6 cm³/mol. The zero-order chi connectivity index (χ0) is 14.8. The minimum Gasteiger partial charge on any atom is -0.398 e. The third-order valence-electron chi connectivity index (χ3n) is 3.23. The highest BCUT2D eigenvalue weighted by Crippen LogP contribution is 2.28. The number of hydrogen-bond donors (Lipinski definition) is 1. The molecule has 0 saturated carbocycles. The Bertz CT molecular complexity index is 551. The normalized spacial score (nSPS) is 12.4. The quantitative estimate of drug-likeness (QED) is 0.846. The van der Waals surface area contributed by atoms with Gasteiger partial charge in [0, 0.05) is 18.3 Å². The Labute approximate surface area is 116 Å². The maximum Gasteiger partial charge on any atom is 0.243 e. The number of rotatable bonds is 5. The number of benzene rings is 1. The molecule has 0 atom stereocenters. The summed E-state index contributed by atoms with van der Waals surface area (Å²) in [4.78, 5) is 0.356. The van der Waals surface area contributed by atoms with Crippen molar-refractivity contribution in [2.75, 3.05) is 12.3 Å². The average molecular weight is 284 g/mol. The van der Waals surface area contributed by atoms with Crippen LogP contribution in [0.2, 0.25) is 0 Å². The predicted octanol–water partition coefficient (Wildman–Crippen LogP) is 2.69. The van der Waals surface area contributed by atoms with Crippen LogP contribution in [0.25, 0.3) is 0 Å². The first-order valence-corrected chi connectivity index (χ1v) is 8.05. The molecule has 0 aliphatic carbocycles. The highest BCUT2D eigenvalue weighted by atomic mass is 32.2. The number of nitrogens with zero attached hydrogens (tertiary/aromatic N) is 1. The van der Waals surface area contributed by atoms with Gasteiger partial charge in [0.1, 0.15) is 0 Å². The first kappa shape index (κ1) is 16.0. The monoisotopic (exact) mass is 284 g/mol. The van der Waals surface area contributed by atoms with E-state index in [0.717, 1.165) is 12.0 Å². The second-order valence-corrected chi connectivity index (χ2v) is 6.96. The van der Waals surface area contributed by atoms with E-state index in [1.807, 2.05) is 27.7 Å². The van der Waals surface area contributed by atoms with Gasteiger partial charge in [-0.05, 0) is 51.3 Å². The molecule has 0 bridgehead atoms. The van der Waals surface area contributed by atoms with E-state index in [0.29, 0.717) is 22.7 Å². The van der Waals surface area contributed by atoms with Crippen LogP contribution in [0.4, 0.5) is 5.69 Å². The van der Waals surface area contributed by atoms with Gasteiger partial charge in [-0.1, -0.05) is 13.0 Å². The molecule has 5 heteroatoms. The third kappa shape index (κ3) is 3.09. The number of nitrogen functional groups attached to an aromatic ring is 1. The fraction of sp³-hybridized carbons (Fsp3) is 0.571. The van der Waals surface area contributed by atoms with Crippen molar-refractivity contribution in [2.45, 2.75) is 52.0 Å². The summed E-state index contributed by atoms with van der Waals surface area (Å²) in [6.45, 7) is 9.86. The van der Waals surface area contributed by atoms with Gasteiger partial charge < -0.3 is 5.73 Å². The van der Waals surface area contributed by atoms with Crippen molar-refractivity contribution in [3.63, 3.8) is 0 Å². The van der Waals surface area contributed by atoms with Gasteiger partial charge >= 0.3 is 0 Å². The standard InChI is InChI=1S/C14H24N2O2S/c1-6-9-16(10(2)3)19(17,18)14-11(4)7-8-13(15)12(14)5/h7-8,10H,6,9,15H2,1-5H3.